The third kappa shape index (κ3) is 3.63. The lowest BCUT2D eigenvalue weighted by atomic mass is 10.0. The van der Waals surface area contributed by atoms with Crippen LogP contribution in [0.3, 0.4) is 0 Å². The molecule has 3 nitrogen and oxygen atoms in total. The van der Waals surface area contributed by atoms with E-state index < -0.39 is 24.0 Å². The smallest absolute Gasteiger partial charge is 0.410 e. The van der Waals surface area contributed by atoms with Crippen molar-refractivity contribution in [2.45, 2.75) is 38.7 Å². The summed E-state index contributed by atoms with van der Waals surface area (Å²) in [5.41, 5.74) is -2.92. The highest BCUT2D eigenvalue weighted by Crippen LogP contribution is 2.42. The van der Waals surface area contributed by atoms with E-state index in [-0.39, 0.29) is 12.7 Å². The van der Waals surface area contributed by atoms with Gasteiger partial charge in [-0.05, 0) is 44.0 Å². The van der Waals surface area contributed by atoms with Gasteiger partial charge in [-0.25, -0.2) is 4.79 Å². The number of rotatable bonds is 2. The number of benzene rings is 1. The molecule has 0 fully saturated rings. The second-order valence-corrected chi connectivity index (χ2v) is 4.88. The number of hydrogen-bond acceptors (Lipinski definition) is 2. The summed E-state index contributed by atoms with van der Waals surface area (Å²) in [5.74, 6) is -0.160. The quantitative estimate of drug-likeness (QED) is 0.823. The molecule has 1 N–H and O–H groups in total. The minimum absolute atomic E-state index is 0.160. The molecule has 124 valence electrons. The molecule has 0 saturated carbocycles. The minimum atomic E-state index is -5.73. The molecule has 0 heterocycles. The number of ether oxygens (including phenoxy) is 1. The zero-order chi connectivity index (χ0) is 17.3. The van der Waals surface area contributed by atoms with E-state index in [1.54, 1.807) is 13.8 Å². The third-order valence-corrected chi connectivity index (χ3v) is 3.17. The van der Waals surface area contributed by atoms with Crippen molar-refractivity contribution in [2.24, 2.45) is 0 Å². The Hall–Kier alpha value is -1.93. The second-order valence-electron chi connectivity index (χ2n) is 4.88. The molecule has 0 aliphatic heterocycles. The maximum Gasteiger partial charge on any atom is 0.420 e. The number of alkyl halides is 6. The van der Waals surface area contributed by atoms with Crippen LogP contribution in [0.15, 0.2) is 18.2 Å². The van der Waals surface area contributed by atoms with Crippen LogP contribution in [0.2, 0.25) is 0 Å². The van der Waals surface area contributed by atoms with Crippen LogP contribution in [0.5, 0.6) is 5.75 Å². The molecule has 1 aromatic rings. The number of hydrogen-bond donors (Lipinski definition) is 1. The Labute approximate surface area is 122 Å². The molecule has 1 aromatic carbocycles. The van der Waals surface area contributed by atoms with E-state index in [0.29, 0.717) is 5.56 Å². The Balaban J connectivity index is 2.96. The molecule has 0 bridgehead atoms. The van der Waals surface area contributed by atoms with Gasteiger partial charge >= 0.3 is 18.4 Å². The average Bonchev–Trinajstić information content (AvgIpc) is 2.30. The van der Waals surface area contributed by atoms with E-state index in [0.717, 1.165) is 10.9 Å². The lowest BCUT2D eigenvalue weighted by Gasteiger charge is -2.33. The van der Waals surface area contributed by atoms with E-state index in [1.807, 2.05) is 0 Å². The van der Waals surface area contributed by atoms with Gasteiger partial charge in [-0.2, -0.15) is 26.3 Å². The summed E-state index contributed by atoms with van der Waals surface area (Å²) in [6.07, 6.45) is -13.3. The number of aryl methyl sites for hydroxylation is 2. The molecule has 0 spiro atoms. The number of carbonyl (C=O) groups excluding carboxylic acids is 1. The Kier molecular flexibility index (Phi) is 4.69. The molecule has 0 atom stereocenters. The number of carbonyl (C=O) groups is 1. The Bertz CT molecular complexity index is 551. The molecule has 0 saturated heterocycles. The third-order valence-electron chi connectivity index (χ3n) is 3.17. The van der Waals surface area contributed by atoms with E-state index in [4.69, 9.17) is 0 Å². The lowest BCUT2D eigenvalue weighted by Crippen LogP contribution is -2.66. The van der Waals surface area contributed by atoms with Crippen LogP contribution in [0, 0.1) is 13.8 Å². The monoisotopic (exact) mass is 329 g/mol. The van der Waals surface area contributed by atoms with Crippen LogP contribution >= 0.6 is 0 Å². The molecule has 0 unspecified atom stereocenters. The van der Waals surface area contributed by atoms with Crippen molar-refractivity contribution in [1.29, 1.82) is 0 Å². The van der Waals surface area contributed by atoms with E-state index in [9.17, 15) is 31.1 Å². The van der Waals surface area contributed by atoms with Gasteiger partial charge in [0.25, 0.3) is 0 Å². The second kappa shape index (κ2) is 5.69. The van der Waals surface area contributed by atoms with Crippen molar-refractivity contribution < 1.29 is 35.9 Å². The maximum atomic E-state index is 12.6. The van der Waals surface area contributed by atoms with Crippen LogP contribution < -0.4 is 10.1 Å². The Morgan fingerprint density at radius 2 is 1.50 bits per heavy atom. The lowest BCUT2D eigenvalue weighted by molar-refractivity contribution is -0.298. The van der Waals surface area contributed by atoms with Crippen molar-refractivity contribution in [3.05, 3.63) is 29.3 Å². The van der Waals surface area contributed by atoms with Crippen molar-refractivity contribution in [3.8, 4) is 5.75 Å². The molecule has 22 heavy (non-hydrogen) atoms. The first-order valence-electron chi connectivity index (χ1n) is 5.98. The number of halogens is 6. The highest BCUT2D eigenvalue weighted by atomic mass is 19.4. The Morgan fingerprint density at radius 1 is 1.00 bits per heavy atom. The van der Waals surface area contributed by atoms with Gasteiger partial charge in [0, 0.05) is 0 Å². The summed E-state index contributed by atoms with van der Waals surface area (Å²) in [7, 11) is 0. The standard InChI is InChI=1S/C13H13F6NO2/c1-7-4-5-9(6-8(7)2)22-10(21)20-11(3,12(14,15)16)13(17,18)19/h4-6H,1-3H3,(H,20,21). The van der Waals surface area contributed by atoms with Crippen molar-refractivity contribution in [1.82, 2.24) is 5.32 Å². The van der Waals surface area contributed by atoms with Crippen LogP contribution in [0.25, 0.3) is 0 Å². The summed E-state index contributed by atoms with van der Waals surface area (Å²) in [5, 5.41) is 0.845. The molecular weight excluding hydrogens is 316 g/mol. The highest BCUT2D eigenvalue weighted by molar-refractivity contribution is 5.71. The van der Waals surface area contributed by atoms with Crippen molar-refractivity contribution in [2.75, 3.05) is 0 Å². The highest BCUT2D eigenvalue weighted by Gasteiger charge is 2.69. The summed E-state index contributed by atoms with van der Waals surface area (Å²) in [6.45, 7) is 3.22. The largest absolute Gasteiger partial charge is 0.420 e. The van der Waals surface area contributed by atoms with E-state index in [1.165, 1.54) is 18.2 Å². The van der Waals surface area contributed by atoms with Crippen LogP contribution in [0.4, 0.5) is 31.1 Å². The summed E-state index contributed by atoms with van der Waals surface area (Å²) >= 11 is 0. The normalized spacial score (nSPS) is 13.0. The van der Waals surface area contributed by atoms with Gasteiger partial charge in [-0.1, -0.05) is 6.07 Å². The van der Waals surface area contributed by atoms with Gasteiger partial charge in [0.05, 0.1) is 0 Å². The van der Waals surface area contributed by atoms with Gasteiger partial charge in [0.2, 0.25) is 5.54 Å². The maximum absolute atomic E-state index is 12.6. The first-order valence-corrected chi connectivity index (χ1v) is 5.98. The predicted molar refractivity (Wildman–Crippen MR) is 65.6 cm³/mol. The predicted octanol–water partition coefficient (Wildman–Crippen LogP) is 4.28. The van der Waals surface area contributed by atoms with Gasteiger partial charge in [0.1, 0.15) is 5.75 Å². The van der Waals surface area contributed by atoms with Gasteiger partial charge < -0.3 is 4.74 Å². The van der Waals surface area contributed by atoms with Gasteiger partial charge in [0.15, 0.2) is 0 Å². The summed E-state index contributed by atoms with van der Waals surface area (Å²) in [6, 6.07) is 4.11. The molecule has 0 aliphatic rings. The fraction of sp³-hybridized carbons (Fsp3) is 0.462. The molecule has 9 heteroatoms. The molecule has 0 aliphatic carbocycles. The minimum Gasteiger partial charge on any atom is -0.410 e. The molecule has 0 aromatic heterocycles. The SMILES string of the molecule is Cc1ccc(OC(=O)NC(C)(C(F)(F)F)C(F)(F)F)cc1C. The fourth-order valence-corrected chi connectivity index (χ4v) is 1.42. The zero-order valence-corrected chi connectivity index (χ0v) is 11.8. The molecule has 1 amide bonds. The zero-order valence-electron chi connectivity index (χ0n) is 11.8. The van der Waals surface area contributed by atoms with E-state index in [2.05, 4.69) is 4.74 Å². The van der Waals surface area contributed by atoms with Crippen LogP contribution in [0.1, 0.15) is 18.1 Å². The van der Waals surface area contributed by atoms with Crippen LogP contribution in [-0.2, 0) is 0 Å². The van der Waals surface area contributed by atoms with E-state index >= 15 is 0 Å². The summed E-state index contributed by atoms with van der Waals surface area (Å²) < 4.78 is 80.2. The number of amides is 1. The van der Waals surface area contributed by atoms with Gasteiger partial charge in [-0.3, -0.25) is 5.32 Å². The van der Waals surface area contributed by atoms with Crippen molar-refractivity contribution >= 4 is 6.09 Å². The molecule has 0 radical (unpaired) electrons. The average molecular weight is 329 g/mol. The van der Waals surface area contributed by atoms with Crippen LogP contribution in [-0.4, -0.2) is 24.0 Å². The molecular formula is C13H13F6NO2. The van der Waals surface area contributed by atoms with Crippen molar-refractivity contribution in [3.63, 3.8) is 0 Å². The molecule has 1 rings (SSSR count). The fourth-order valence-electron chi connectivity index (χ4n) is 1.42. The number of nitrogens with one attached hydrogen (secondary N) is 1. The first-order chi connectivity index (χ1) is 9.78. The Morgan fingerprint density at radius 3 is 1.91 bits per heavy atom. The first kappa shape index (κ1) is 18.1. The topological polar surface area (TPSA) is 38.3 Å². The van der Waals surface area contributed by atoms with Gasteiger partial charge in [-0.15, -0.1) is 0 Å². The summed E-state index contributed by atoms with van der Waals surface area (Å²) in [4.78, 5) is 11.4.